The third kappa shape index (κ3) is 6.44. The van der Waals surface area contributed by atoms with Gasteiger partial charge in [0.25, 0.3) is 0 Å². The quantitative estimate of drug-likeness (QED) is 0.378. The van der Waals surface area contributed by atoms with Gasteiger partial charge in [-0.05, 0) is 75.4 Å². The third-order valence-electron chi connectivity index (χ3n) is 6.13. The minimum absolute atomic E-state index is 0.0905. The lowest BCUT2D eigenvalue weighted by Crippen LogP contribution is -2.47. The lowest BCUT2D eigenvalue weighted by atomic mass is 9.88. The smallest absolute Gasteiger partial charge is 0.243 e. The Labute approximate surface area is 209 Å². The summed E-state index contributed by atoms with van der Waals surface area (Å²) >= 11 is 0. The molecule has 1 aliphatic rings. The van der Waals surface area contributed by atoms with E-state index in [1.165, 1.54) is 0 Å². The second-order valence-electron chi connectivity index (χ2n) is 8.40. The van der Waals surface area contributed by atoms with E-state index in [2.05, 4.69) is 6.08 Å². The average molecular weight is 504 g/mol. The molecule has 35 heavy (non-hydrogen) atoms. The van der Waals surface area contributed by atoms with Crippen molar-refractivity contribution in [3.8, 4) is 11.5 Å². The molecule has 2 aromatic carbocycles. The molecule has 0 aromatic heterocycles. The maximum absolute atomic E-state index is 14.0. The van der Waals surface area contributed by atoms with Gasteiger partial charge in [-0.25, -0.2) is 8.42 Å². The normalized spacial score (nSPS) is 16.4. The molecule has 0 heterocycles. The van der Waals surface area contributed by atoms with Gasteiger partial charge in [0.1, 0.15) is 0 Å². The van der Waals surface area contributed by atoms with Gasteiger partial charge in [0.15, 0.2) is 17.8 Å². The summed E-state index contributed by atoms with van der Waals surface area (Å²) in [7, 11) is -0.653. The van der Waals surface area contributed by atoms with E-state index in [1.807, 2.05) is 51.1 Å². The zero-order valence-corrected chi connectivity index (χ0v) is 22.1. The standard InChI is InChI=1S/C27H37NO6S/c1-6-33-27(34-7-2)19-28(35(29,30)22-15-12-20(3)13-16-22)24-11-9-8-10-23(24)21-14-17-25(31-4)26(18-21)32-5/h10,12-18,24,27H,6-9,11,19H2,1-5H3/t24-/m0/s1. The van der Waals surface area contributed by atoms with Gasteiger partial charge in [0.2, 0.25) is 10.0 Å². The topological polar surface area (TPSA) is 74.3 Å². The van der Waals surface area contributed by atoms with Crippen LogP contribution < -0.4 is 9.47 Å². The van der Waals surface area contributed by atoms with Crippen molar-refractivity contribution in [3.05, 3.63) is 59.7 Å². The molecule has 3 rings (SSSR count). The average Bonchev–Trinajstić information content (AvgIpc) is 2.87. The molecule has 1 aliphatic carbocycles. The minimum Gasteiger partial charge on any atom is -0.493 e. The van der Waals surface area contributed by atoms with Crippen LogP contribution in [0.5, 0.6) is 11.5 Å². The summed E-state index contributed by atoms with van der Waals surface area (Å²) in [6.07, 6.45) is 3.91. The fourth-order valence-corrected chi connectivity index (χ4v) is 6.02. The van der Waals surface area contributed by atoms with Gasteiger partial charge in [-0.1, -0.05) is 29.8 Å². The molecule has 0 radical (unpaired) electrons. The molecule has 0 aliphatic heterocycles. The van der Waals surface area contributed by atoms with E-state index in [9.17, 15) is 8.42 Å². The second-order valence-corrected chi connectivity index (χ2v) is 10.3. The van der Waals surface area contributed by atoms with Gasteiger partial charge in [-0.15, -0.1) is 0 Å². The van der Waals surface area contributed by atoms with Gasteiger partial charge in [0, 0.05) is 13.2 Å². The van der Waals surface area contributed by atoms with Crippen molar-refractivity contribution in [3.63, 3.8) is 0 Å². The molecule has 0 bridgehead atoms. The van der Waals surface area contributed by atoms with Gasteiger partial charge in [-0.2, -0.15) is 4.31 Å². The monoisotopic (exact) mass is 503 g/mol. The lowest BCUT2D eigenvalue weighted by molar-refractivity contribution is -0.141. The number of ether oxygens (including phenoxy) is 4. The Morgan fingerprint density at radius 2 is 1.63 bits per heavy atom. The predicted octanol–water partition coefficient (Wildman–Crippen LogP) is 5.04. The number of allylic oxidation sites excluding steroid dienone is 1. The number of hydrogen-bond acceptors (Lipinski definition) is 6. The molecular formula is C27H37NO6S. The molecule has 192 valence electrons. The number of sulfonamides is 1. The van der Waals surface area contributed by atoms with Gasteiger partial charge >= 0.3 is 0 Å². The Kier molecular flexibility index (Phi) is 9.74. The molecule has 8 heteroatoms. The molecule has 0 fully saturated rings. The van der Waals surface area contributed by atoms with Crippen LogP contribution in [0.15, 0.2) is 53.4 Å². The van der Waals surface area contributed by atoms with E-state index in [1.54, 1.807) is 30.7 Å². The predicted molar refractivity (Wildman–Crippen MR) is 137 cm³/mol. The summed E-state index contributed by atoms with van der Waals surface area (Å²) in [6, 6.07) is 12.3. The highest BCUT2D eigenvalue weighted by atomic mass is 32.2. The number of methoxy groups -OCH3 is 2. The summed E-state index contributed by atoms with van der Waals surface area (Å²) in [5.41, 5.74) is 2.85. The molecule has 0 spiro atoms. The summed E-state index contributed by atoms with van der Waals surface area (Å²) in [5.74, 6) is 1.23. The van der Waals surface area contributed by atoms with E-state index in [0.717, 1.165) is 29.5 Å². The van der Waals surface area contributed by atoms with Crippen molar-refractivity contribution in [2.45, 2.75) is 57.3 Å². The molecular weight excluding hydrogens is 466 g/mol. The molecule has 0 N–H and O–H groups in total. The maximum Gasteiger partial charge on any atom is 0.243 e. The van der Waals surface area contributed by atoms with Gasteiger partial charge in [0.05, 0.1) is 31.7 Å². The van der Waals surface area contributed by atoms with Crippen LogP contribution in [0.2, 0.25) is 0 Å². The fraction of sp³-hybridized carbons (Fsp3) is 0.481. The number of rotatable bonds is 12. The van der Waals surface area contributed by atoms with Crippen LogP contribution >= 0.6 is 0 Å². The van der Waals surface area contributed by atoms with E-state index in [0.29, 0.717) is 31.1 Å². The summed E-state index contributed by atoms with van der Waals surface area (Å²) in [6.45, 7) is 6.62. The van der Waals surface area contributed by atoms with E-state index in [-0.39, 0.29) is 17.5 Å². The highest BCUT2D eigenvalue weighted by Gasteiger charge is 2.37. The first-order valence-electron chi connectivity index (χ1n) is 12.1. The van der Waals surface area contributed by atoms with Crippen LogP contribution in [0.3, 0.4) is 0 Å². The Hall–Kier alpha value is -2.39. The molecule has 0 saturated heterocycles. The number of hydrogen-bond donors (Lipinski definition) is 0. The van der Waals surface area contributed by atoms with Crippen molar-refractivity contribution in [2.75, 3.05) is 34.0 Å². The minimum atomic E-state index is -3.84. The molecule has 0 unspecified atom stereocenters. The Bertz CT molecular complexity index is 1090. The highest BCUT2D eigenvalue weighted by molar-refractivity contribution is 7.89. The van der Waals surface area contributed by atoms with Crippen molar-refractivity contribution >= 4 is 15.6 Å². The highest BCUT2D eigenvalue weighted by Crippen LogP contribution is 2.38. The van der Waals surface area contributed by atoms with Crippen LogP contribution in [-0.2, 0) is 19.5 Å². The van der Waals surface area contributed by atoms with E-state index < -0.39 is 16.3 Å². The van der Waals surface area contributed by atoms with Crippen LogP contribution in [0.4, 0.5) is 0 Å². The Morgan fingerprint density at radius 3 is 2.23 bits per heavy atom. The van der Waals surface area contributed by atoms with Crippen molar-refractivity contribution in [1.29, 1.82) is 0 Å². The van der Waals surface area contributed by atoms with Crippen molar-refractivity contribution in [2.24, 2.45) is 0 Å². The van der Waals surface area contributed by atoms with E-state index >= 15 is 0 Å². The van der Waals surface area contributed by atoms with Crippen molar-refractivity contribution in [1.82, 2.24) is 4.31 Å². The molecule has 7 nitrogen and oxygen atoms in total. The number of benzene rings is 2. The van der Waals surface area contributed by atoms with Crippen LogP contribution in [0.25, 0.3) is 5.57 Å². The van der Waals surface area contributed by atoms with Gasteiger partial charge in [-0.3, -0.25) is 0 Å². The summed E-state index contributed by atoms with van der Waals surface area (Å²) < 4.78 is 52.1. The largest absolute Gasteiger partial charge is 0.493 e. The molecule has 2 aromatic rings. The zero-order valence-electron chi connectivity index (χ0n) is 21.3. The first-order chi connectivity index (χ1) is 16.8. The Balaban J connectivity index is 2.09. The summed E-state index contributed by atoms with van der Waals surface area (Å²) in [4.78, 5) is 0.257. The Morgan fingerprint density at radius 1 is 0.971 bits per heavy atom. The van der Waals surface area contributed by atoms with Crippen LogP contribution in [-0.4, -0.2) is 59.0 Å². The third-order valence-corrected chi connectivity index (χ3v) is 8.02. The maximum atomic E-state index is 14.0. The zero-order chi connectivity index (χ0) is 25.4. The number of aryl methyl sites for hydroxylation is 1. The van der Waals surface area contributed by atoms with Crippen LogP contribution in [0.1, 0.15) is 44.2 Å². The number of nitrogens with zero attached hydrogens (tertiary/aromatic N) is 1. The molecule has 0 amide bonds. The van der Waals surface area contributed by atoms with Gasteiger partial charge < -0.3 is 18.9 Å². The van der Waals surface area contributed by atoms with Crippen LogP contribution in [0, 0.1) is 6.92 Å². The first-order valence-corrected chi connectivity index (χ1v) is 13.5. The first kappa shape index (κ1) is 27.2. The lowest BCUT2D eigenvalue weighted by Gasteiger charge is -2.36. The summed E-state index contributed by atoms with van der Waals surface area (Å²) in [5, 5.41) is 0. The SMILES string of the molecule is CCOC(CN([C@H]1CCCC=C1c1ccc(OC)c(OC)c1)S(=O)(=O)c1ccc(C)cc1)OCC. The fourth-order valence-electron chi connectivity index (χ4n) is 4.40. The molecule has 0 saturated carbocycles. The molecule has 1 atom stereocenters. The van der Waals surface area contributed by atoms with E-state index in [4.69, 9.17) is 18.9 Å². The second kappa shape index (κ2) is 12.5. The van der Waals surface area contributed by atoms with Crippen molar-refractivity contribution < 1.29 is 27.4 Å².